The smallest absolute Gasteiger partial charge is 0.139 e. The predicted octanol–water partition coefficient (Wildman–Crippen LogP) is 14.2. The molecule has 0 radical (unpaired) electrons. The van der Waals surface area contributed by atoms with E-state index in [-0.39, 0.29) is 0 Å². The summed E-state index contributed by atoms with van der Waals surface area (Å²) in [5.74, 6) is 0.322. The summed E-state index contributed by atoms with van der Waals surface area (Å²) in [6.45, 7) is 0. The van der Waals surface area contributed by atoms with Crippen LogP contribution in [0, 0.1) is 0 Å². The normalized spacial score (nSPS) is 14.1. The highest BCUT2D eigenvalue weighted by molar-refractivity contribution is 6.16. The van der Waals surface area contributed by atoms with Crippen LogP contribution < -0.4 is 0 Å². The standard InChI is InChI=1S/C51H34O2/c1-4-10-32(11-5-1)36-17-16-35-18-22-40(34-14-8-3-9-15-34)41-23-19-38(27-43(41)42(35)26-36)39-21-25-49-45(29-39)47-30-46-44-28-37(33-12-6-2-7-13-33)20-24-48(44)52-50(46)31-51(47)53-49/h1-17,19-21,23-31,40H,18,22H2. The molecule has 0 saturated heterocycles. The highest BCUT2D eigenvalue weighted by Crippen LogP contribution is 2.45. The molecule has 0 aliphatic heterocycles. The molecule has 1 atom stereocenters. The van der Waals surface area contributed by atoms with Crippen molar-refractivity contribution >= 4 is 43.9 Å². The molecule has 53 heavy (non-hydrogen) atoms. The number of benzene rings is 8. The van der Waals surface area contributed by atoms with Gasteiger partial charge in [-0.2, -0.15) is 0 Å². The van der Waals surface area contributed by atoms with Crippen LogP contribution in [0.25, 0.3) is 88.4 Å². The molecule has 0 saturated carbocycles. The molecule has 250 valence electrons. The molecule has 8 aromatic carbocycles. The lowest BCUT2D eigenvalue weighted by Crippen LogP contribution is -2.02. The zero-order valence-corrected chi connectivity index (χ0v) is 29.1. The second-order valence-corrected chi connectivity index (χ2v) is 14.4. The molecule has 2 heteroatoms. The minimum Gasteiger partial charge on any atom is -0.456 e. The van der Waals surface area contributed by atoms with E-state index in [2.05, 4.69) is 176 Å². The summed E-state index contributed by atoms with van der Waals surface area (Å²) in [5, 5.41) is 4.41. The Labute approximate surface area is 307 Å². The minimum atomic E-state index is 0.322. The van der Waals surface area contributed by atoms with E-state index in [4.69, 9.17) is 8.83 Å². The summed E-state index contributed by atoms with van der Waals surface area (Å²) in [5.41, 5.74) is 17.5. The van der Waals surface area contributed by atoms with E-state index in [9.17, 15) is 0 Å². The fraction of sp³-hybridized carbons (Fsp3) is 0.0588. The Morgan fingerprint density at radius 2 is 0.849 bits per heavy atom. The van der Waals surface area contributed by atoms with Gasteiger partial charge >= 0.3 is 0 Å². The van der Waals surface area contributed by atoms with E-state index < -0.39 is 0 Å². The van der Waals surface area contributed by atoms with Gasteiger partial charge in [0, 0.05) is 33.5 Å². The summed E-state index contributed by atoms with van der Waals surface area (Å²) < 4.78 is 12.8. The largest absolute Gasteiger partial charge is 0.456 e. The molecular weight excluding hydrogens is 645 g/mol. The molecule has 0 bridgehead atoms. The van der Waals surface area contributed by atoms with E-state index in [1.54, 1.807) is 0 Å². The average molecular weight is 679 g/mol. The van der Waals surface area contributed by atoms with Crippen molar-refractivity contribution in [1.82, 2.24) is 0 Å². The molecule has 11 rings (SSSR count). The number of rotatable bonds is 4. The first-order valence-corrected chi connectivity index (χ1v) is 18.5. The SMILES string of the molecule is c1ccc(-c2ccc3c(c2)-c2cc(-c4ccc5oc6cc7oc8ccc(-c9ccccc9)cc8c7cc6c5c4)ccc2C(c2ccccc2)CC3)cc1. The maximum absolute atomic E-state index is 6.45. The van der Waals surface area contributed by atoms with Crippen LogP contribution >= 0.6 is 0 Å². The highest BCUT2D eigenvalue weighted by Gasteiger charge is 2.25. The summed E-state index contributed by atoms with van der Waals surface area (Å²) in [6.07, 6.45) is 2.11. The lowest BCUT2D eigenvalue weighted by molar-refractivity contribution is 0.656. The Hall–Kier alpha value is -6.64. The third-order valence-electron chi connectivity index (χ3n) is 11.3. The van der Waals surface area contributed by atoms with Gasteiger partial charge in [0.15, 0.2) is 0 Å². The average Bonchev–Trinajstić information content (AvgIpc) is 3.71. The van der Waals surface area contributed by atoms with Crippen LogP contribution in [0.1, 0.15) is 29.0 Å². The van der Waals surface area contributed by atoms with Gasteiger partial charge in [-0.3, -0.25) is 0 Å². The molecule has 0 spiro atoms. The number of furan rings is 2. The third kappa shape index (κ3) is 5.02. The van der Waals surface area contributed by atoms with Crippen molar-refractivity contribution < 1.29 is 8.83 Å². The summed E-state index contributed by atoms with van der Waals surface area (Å²) in [7, 11) is 0. The van der Waals surface area contributed by atoms with Crippen molar-refractivity contribution in [3.8, 4) is 44.5 Å². The van der Waals surface area contributed by atoms with Gasteiger partial charge < -0.3 is 8.83 Å². The van der Waals surface area contributed by atoms with Gasteiger partial charge in [-0.25, -0.2) is 0 Å². The molecule has 0 fully saturated rings. The van der Waals surface area contributed by atoms with Gasteiger partial charge in [-0.05, 0) is 117 Å². The Morgan fingerprint density at radius 1 is 0.358 bits per heavy atom. The number of fused-ring (bicyclic) bond motifs is 9. The summed E-state index contributed by atoms with van der Waals surface area (Å²) in [4.78, 5) is 0. The molecule has 2 nitrogen and oxygen atoms in total. The van der Waals surface area contributed by atoms with Crippen LogP contribution in [0.2, 0.25) is 0 Å². The Kier molecular flexibility index (Phi) is 6.78. The molecule has 2 heterocycles. The maximum Gasteiger partial charge on any atom is 0.139 e. The first kappa shape index (κ1) is 30.0. The molecule has 10 aromatic rings. The van der Waals surface area contributed by atoms with E-state index in [0.717, 1.165) is 56.7 Å². The number of hydrogen-bond donors (Lipinski definition) is 0. The van der Waals surface area contributed by atoms with Gasteiger partial charge in [0.1, 0.15) is 22.3 Å². The van der Waals surface area contributed by atoms with Gasteiger partial charge in [-0.1, -0.05) is 127 Å². The molecule has 0 amide bonds. The van der Waals surface area contributed by atoms with E-state index in [1.165, 1.54) is 61.2 Å². The van der Waals surface area contributed by atoms with Crippen LogP contribution in [-0.2, 0) is 6.42 Å². The monoisotopic (exact) mass is 678 g/mol. The van der Waals surface area contributed by atoms with Gasteiger partial charge in [0.25, 0.3) is 0 Å². The van der Waals surface area contributed by atoms with Crippen LogP contribution in [0.5, 0.6) is 0 Å². The van der Waals surface area contributed by atoms with E-state index in [0.29, 0.717) is 5.92 Å². The van der Waals surface area contributed by atoms with Crippen molar-refractivity contribution in [3.63, 3.8) is 0 Å². The Morgan fingerprint density at radius 3 is 1.49 bits per heavy atom. The second kappa shape index (κ2) is 12.0. The molecule has 1 unspecified atom stereocenters. The van der Waals surface area contributed by atoms with Gasteiger partial charge in [-0.15, -0.1) is 0 Å². The van der Waals surface area contributed by atoms with Crippen LogP contribution in [-0.4, -0.2) is 0 Å². The summed E-state index contributed by atoms with van der Waals surface area (Å²) >= 11 is 0. The highest BCUT2D eigenvalue weighted by atomic mass is 16.3. The zero-order valence-electron chi connectivity index (χ0n) is 29.1. The zero-order chi connectivity index (χ0) is 34.9. The third-order valence-corrected chi connectivity index (χ3v) is 11.3. The van der Waals surface area contributed by atoms with Crippen molar-refractivity contribution in [1.29, 1.82) is 0 Å². The number of hydrogen-bond acceptors (Lipinski definition) is 2. The van der Waals surface area contributed by atoms with Gasteiger partial charge in [0.2, 0.25) is 0 Å². The van der Waals surface area contributed by atoms with Crippen molar-refractivity contribution in [3.05, 3.63) is 193 Å². The van der Waals surface area contributed by atoms with Crippen LogP contribution in [0.15, 0.2) is 185 Å². The topological polar surface area (TPSA) is 26.3 Å². The molecular formula is C51H34O2. The van der Waals surface area contributed by atoms with Crippen molar-refractivity contribution in [2.24, 2.45) is 0 Å². The fourth-order valence-corrected chi connectivity index (χ4v) is 8.65. The molecule has 1 aliphatic carbocycles. The maximum atomic E-state index is 6.45. The first-order valence-electron chi connectivity index (χ1n) is 18.5. The van der Waals surface area contributed by atoms with E-state index >= 15 is 0 Å². The Bertz CT molecular complexity index is 2990. The van der Waals surface area contributed by atoms with Crippen molar-refractivity contribution in [2.45, 2.75) is 18.8 Å². The summed E-state index contributed by atoms with van der Waals surface area (Å²) in [6, 6.07) is 63.9. The lowest BCUT2D eigenvalue weighted by Gasteiger charge is -2.20. The second-order valence-electron chi connectivity index (χ2n) is 14.4. The minimum absolute atomic E-state index is 0.322. The van der Waals surface area contributed by atoms with Crippen molar-refractivity contribution in [2.75, 3.05) is 0 Å². The molecule has 1 aliphatic rings. The van der Waals surface area contributed by atoms with Crippen LogP contribution in [0.4, 0.5) is 0 Å². The first-order chi connectivity index (χ1) is 26.2. The lowest BCUT2D eigenvalue weighted by atomic mass is 9.84. The quantitative estimate of drug-likeness (QED) is 0.185. The molecule has 2 aromatic heterocycles. The van der Waals surface area contributed by atoms with E-state index in [1.807, 2.05) is 0 Å². The number of aryl methyl sites for hydroxylation is 1. The Balaban J connectivity index is 1.07. The molecule has 0 N–H and O–H groups in total. The van der Waals surface area contributed by atoms with Crippen LogP contribution in [0.3, 0.4) is 0 Å². The predicted molar refractivity (Wildman–Crippen MR) is 219 cm³/mol. The fourth-order valence-electron chi connectivity index (χ4n) is 8.65. The van der Waals surface area contributed by atoms with Gasteiger partial charge in [0.05, 0.1) is 0 Å².